The fourth-order valence-electron chi connectivity index (χ4n) is 4.31. The Labute approximate surface area is 135 Å². The van der Waals surface area contributed by atoms with E-state index in [1.165, 1.54) is 62.1 Å². The van der Waals surface area contributed by atoms with E-state index in [-0.39, 0.29) is 0 Å². The van der Waals surface area contributed by atoms with Crippen LogP contribution < -0.4 is 5.32 Å². The van der Waals surface area contributed by atoms with E-state index in [1.807, 2.05) is 0 Å². The topological polar surface area (TPSA) is 33.1 Å². The van der Waals surface area contributed by atoms with E-state index >= 15 is 0 Å². The maximum atomic E-state index is 4.76. The normalized spacial score (nSPS) is 27.0. The highest BCUT2D eigenvalue weighted by Crippen LogP contribution is 2.28. The van der Waals surface area contributed by atoms with E-state index in [1.54, 1.807) is 0 Å². The summed E-state index contributed by atoms with van der Waals surface area (Å²) in [6.45, 7) is 12.4. The average Bonchev–Trinajstić information content (AvgIpc) is 2.94. The Morgan fingerprint density at radius 2 is 2.00 bits per heavy atom. The minimum Gasteiger partial charge on any atom is -0.312 e. The van der Waals surface area contributed by atoms with Crippen molar-refractivity contribution in [1.29, 1.82) is 0 Å². The molecule has 0 saturated carbocycles. The highest BCUT2D eigenvalue weighted by Gasteiger charge is 2.34. The number of fused-ring (bicyclic) bond motifs is 1. The van der Waals surface area contributed by atoms with Crippen LogP contribution in [0.25, 0.3) is 0 Å². The molecule has 4 heteroatoms. The Kier molecular flexibility index (Phi) is 4.88. The van der Waals surface area contributed by atoms with Crippen molar-refractivity contribution in [3.8, 4) is 0 Å². The van der Waals surface area contributed by atoms with Gasteiger partial charge in [-0.2, -0.15) is 5.10 Å². The van der Waals surface area contributed by atoms with E-state index in [0.717, 1.165) is 12.6 Å². The standard InChI is InChI=1S/C18H32N4/c1-13(2)22-15(4)16(14(3)20-22)12-21-11-9-17-18(21)8-6-5-7-10-19-17/h13,17-19H,5-12H2,1-4H3/t17-,18+/m0/s1. The van der Waals surface area contributed by atoms with E-state index in [4.69, 9.17) is 5.10 Å². The highest BCUT2D eigenvalue weighted by atomic mass is 15.3. The number of nitrogens with zero attached hydrogens (tertiary/aromatic N) is 3. The second-order valence-electron chi connectivity index (χ2n) is 7.42. The van der Waals surface area contributed by atoms with Crippen LogP contribution in [0.15, 0.2) is 0 Å². The number of rotatable bonds is 3. The first-order valence-electron chi connectivity index (χ1n) is 9.10. The van der Waals surface area contributed by atoms with Crippen LogP contribution in [0.1, 0.15) is 68.9 Å². The van der Waals surface area contributed by atoms with Crippen molar-refractivity contribution in [2.45, 2.75) is 84.5 Å². The predicted octanol–water partition coefficient (Wildman–Crippen LogP) is 3.19. The highest BCUT2D eigenvalue weighted by molar-refractivity contribution is 5.25. The molecule has 2 saturated heterocycles. The minimum atomic E-state index is 0.446. The largest absolute Gasteiger partial charge is 0.312 e. The van der Waals surface area contributed by atoms with Crippen molar-refractivity contribution in [3.63, 3.8) is 0 Å². The van der Waals surface area contributed by atoms with Crippen LogP contribution in [-0.4, -0.2) is 39.9 Å². The summed E-state index contributed by atoms with van der Waals surface area (Å²) in [6.07, 6.45) is 6.79. The molecule has 0 bridgehead atoms. The van der Waals surface area contributed by atoms with Crippen molar-refractivity contribution >= 4 is 0 Å². The quantitative estimate of drug-likeness (QED) is 0.931. The molecule has 1 N–H and O–H groups in total. The Hall–Kier alpha value is -0.870. The fourth-order valence-corrected chi connectivity index (χ4v) is 4.31. The van der Waals surface area contributed by atoms with E-state index in [2.05, 4.69) is 42.6 Å². The van der Waals surface area contributed by atoms with Gasteiger partial charge < -0.3 is 5.32 Å². The molecule has 22 heavy (non-hydrogen) atoms. The van der Waals surface area contributed by atoms with Gasteiger partial charge in [-0.05, 0) is 53.5 Å². The monoisotopic (exact) mass is 304 g/mol. The summed E-state index contributed by atoms with van der Waals surface area (Å²) in [5, 5.41) is 8.55. The smallest absolute Gasteiger partial charge is 0.0641 e. The van der Waals surface area contributed by atoms with Gasteiger partial charge in [-0.25, -0.2) is 0 Å². The molecule has 0 amide bonds. The van der Waals surface area contributed by atoms with Crippen LogP contribution in [0.3, 0.4) is 0 Å². The molecule has 0 radical (unpaired) electrons. The Morgan fingerprint density at radius 3 is 2.73 bits per heavy atom. The fraction of sp³-hybridized carbons (Fsp3) is 0.833. The molecule has 0 aromatic carbocycles. The number of nitrogens with one attached hydrogen (secondary N) is 1. The SMILES string of the molecule is Cc1nn(C(C)C)c(C)c1CN1CC[C@@H]2NCCCCC[C@H]21. The van der Waals surface area contributed by atoms with E-state index < -0.39 is 0 Å². The number of likely N-dealkylation sites (tertiary alicyclic amines) is 1. The lowest BCUT2D eigenvalue weighted by atomic mass is 9.99. The Balaban J connectivity index is 1.75. The van der Waals surface area contributed by atoms with Gasteiger partial charge >= 0.3 is 0 Å². The number of aromatic nitrogens is 2. The molecule has 1 aromatic heterocycles. The summed E-state index contributed by atoms with van der Waals surface area (Å²) in [5.74, 6) is 0. The van der Waals surface area contributed by atoms with Crippen LogP contribution in [0.5, 0.6) is 0 Å². The summed E-state index contributed by atoms with van der Waals surface area (Å²) in [6, 6.07) is 1.88. The van der Waals surface area contributed by atoms with Crippen LogP contribution in [0.4, 0.5) is 0 Å². The molecule has 3 heterocycles. The molecule has 0 unspecified atom stereocenters. The zero-order chi connectivity index (χ0) is 15.7. The summed E-state index contributed by atoms with van der Waals surface area (Å²) in [5.41, 5.74) is 4.03. The van der Waals surface area contributed by atoms with Crippen LogP contribution in [-0.2, 0) is 6.54 Å². The van der Waals surface area contributed by atoms with Crippen LogP contribution >= 0.6 is 0 Å². The first-order valence-corrected chi connectivity index (χ1v) is 9.10. The molecule has 3 rings (SSSR count). The minimum absolute atomic E-state index is 0.446. The molecule has 2 fully saturated rings. The molecule has 1 aromatic rings. The summed E-state index contributed by atoms with van der Waals surface area (Å²) < 4.78 is 2.19. The Morgan fingerprint density at radius 1 is 1.18 bits per heavy atom. The molecule has 4 nitrogen and oxygen atoms in total. The van der Waals surface area contributed by atoms with Gasteiger partial charge in [-0.3, -0.25) is 9.58 Å². The second kappa shape index (κ2) is 6.71. The van der Waals surface area contributed by atoms with Gasteiger partial charge in [0.05, 0.1) is 5.69 Å². The van der Waals surface area contributed by atoms with E-state index in [9.17, 15) is 0 Å². The van der Waals surface area contributed by atoms with Crippen molar-refractivity contribution < 1.29 is 0 Å². The van der Waals surface area contributed by atoms with Gasteiger partial charge in [0, 0.05) is 42.5 Å². The molecule has 124 valence electrons. The molecule has 0 spiro atoms. The third kappa shape index (κ3) is 3.09. The lowest BCUT2D eigenvalue weighted by Gasteiger charge is -2.30. The average molecular weight is 304 g/mol. The molecular formula is C18H32N4. The lowest BCUT2D eigenvalue weighted by Crippen LogP contribution is -2.43. The number of hydrogen-bond donors (Lipinski definition) is 1. The first kappa shape index (κ1) is 16.0. The zero-order valence-electron chi connectivity index (χ0n) is 14.7. The predicted molar refractivity (Wildman–Crippen MR) is 91.2 cm³/mol. The number of aryl methyl sites for hydroxylation is 1. The van der Waals surface area contributed by atoms with Crippen LogP contribution in [0, 0.1) is 13.8 Å². The zero-order valence-corrected chi connectivity index (χ0v) is 14.7. The van der Waals surface area contributed by atoms with Gasteiger partial charge in [0.25, 0.3) is 0 Å². The third-order valence-corrected chi connectivity index (χ3v) is 5.57. The molecule has 2 atom stereocenters. The maximum absolute atomic E-state index is 4.76. The first-order chi connectivity index (χ1) is 10.6. The summed E-state index contributed by atoms with van der Waals surface area (Å²) in [4.78, 5) is 2.71. The van der Waals surface area contributed by atoms with Gasteiger partial charge in [0.2, 0.25) is 0 Å². The summed E-state index contributed by atoms with van der Waals surface area (Å²) in [7, 11) is 0. The van der Waals surface area contributed by atoms with Gasteiger partial charge in [0.1, 0.15) is 0 Å². The van der Waals surface area contributed by atoms with Gasteiger partial charge in [-0.1, -0.05) is 12.8 Å². The Bertz CT molecular complexity index is 505. The lowest BCUT2D eigenvalue weighted by molar-refractivity contribution is 0.203. The maximum Gasteiger partial charge on any atom is 0.0641 e. The molecule has 2 aliphatic heterocycles. The summed E-state index contributed by atoms with van der Waals surface area (Å²) >= 11 is 0. The van der Waals surface area contributed by atoms with Gasteiger partial charge in [-0.15, -0.1) is 0 Å². The van der Waals surface area contributed by atoms with Crippen LogP contribution in [0.2, 0.25) is 0 Å². The van der Waals surface area contributed by atoms with E-state index in [0.29, 0.717) is 12.1 Å². The van der Waals surface area contributed by atoms with Crippen molar-refractivity contribution in [2.75, 3.05) is 13.1 Å². The van der Waals surface area contributed by atoms with Crippen molar-refractivity contribution in [2.24, 2.45) is 0 Å². The van der Waals surface area contributed by atoms with Crippen molar-refractivity contribution in [1.82, 2.24) is 20.0 Å². The molecule has 2 aliphatic rings. The van der Waals surface area contributed by atoms with Gasteiger partial charge in [0.15, 0.2) is 0 Å². The molecule has 0 aliphatic carbocycles. The van der Waals surface area contributed by atoms with Crippen molar-refractivity contribution in [3.05, 3.63) is 17.0 Å². The molecular weight excluding hydrogens is 272 g/mol. The number of hydrogen-bond acceptors (Lipinski definition) is 3. The second-order valence-corrected chi connectivity index (χ2v) is 7.42. The third-order valence-electron chi connectivity index (χ3n) is 5.57.